The first kappa shape index (κ1) is 21.5. The Hall–Kier alpha value is -1.54. The van der Waals surface area contributed by atoms with Gasteiger partial charge in [-0.05, 0) is 62.7 Å². The van der Waals surface area contributed by atoms with Gasteiger partial charge in [0.05, 0.1) is 7.11 Å². The lowest BCUT2D eigenvalue weighted by atomic mass is 9.88. The third-order valence-corrected chi connectivity index (χ3v) is 4.73. The molecule has 1 aromatic carbocycles. The number of rotatable bonds is 8. The average Bonchev–Trinajstić information content (AvgIpc) is 2.43. The highest BCUT2D eigenvalue weighted by atomic mass is 28.4. The van der Waals surface area contributed by atoms with Crippen LogP contribution >= 0.6 is 0 Å². The first-order chi connectivity index (χ1) is 11.3. The van der Waals surface area contributed by atoms with Crippen molar-refractivity contribution in [3.8, 4) is 5.75 Å². The number of hydrogen-bond acceptors (Lipinski definition) is 3. The molecule has 1 aromatic rings. The first-order valence-electron chi connectivity index (χ1n) is 7.96. The van der Waals surface area contributed by atoms with Crippen molar-refractivity contribution in [3.05, 3.63) is 29.3 Å². The highest BCUT2D eigenvalue weighted by molar-refractivity contribution is 6.69. The second kappa shape index (κ2) is 7.78. The minimum absolute atomic E-state index is 0.00798. The smallest absolute Gasteiger partial charge is 0.420 e. The van der Waals surface area contributed by atoms with Gasteiger partial charge < -0.3 is 14.3 Å². The number of hydrogen-bond donors (Lipinski definition) is 1. The average molecular weight is 378 g/mol. The maximum Gasteiger partial charge on any atom is 0.420 e. The van der Waals surface area contributed by atoms with E-state index in [2.05, 4.69) is 0 Å². The fourth-order valence-electron chi connectivity index (χ4n) is 2.68. The van der Waals surface area contributed by atoms with E-state index in [1.165, 1.54) is 25.3 Å². The largest absolute Gasteiger partial charge is 0.497 e. The second-order valence-corrected chi connectivity index (χ2v) is 11.4. The van der Waals surface area contributed by atoms with E-state index in [-0.39, 0.29) is 24.8 Å². The van der Waals surface area contributed by atoms with Crippen LogP contribution in [0.2, 0.25) is 19.6 Å². The van der Waals surface area contributed by atoms with Gasteiger partial charge in [-0.3, -0.25) is 4.79 Å². The Morgan fingerprint density at radius 1 is 1.24 bits per heavy atom. The molecule has 0 saturated heterocycles. The van der Waals surface area contributed by atoms with Crippen LogP contribution in [0.25, 0.3) is 0 Å². The number of methoxy groups -OCH3 is 1. The van der Waals surface area contributed by atoms with E-state index in [9.17, 15) is 18.0 Å². The van der Waals surface area contributed by atoms with E-state index in [0.717, 1.165) is 6.92 Å². The zero-order chi connectivity index (χ0) is 19.5. The Morgan fingerprint density at radius 2 is 1.84 bits per heavy atom. The van der Waals surface area contributed by atoms with Gasteiger partial charge >= 0.3 is 12.1 Å². The lowest BCUT2D eigenvalue weighted by Crippen LogP contribution is -2.49. The number of carboxylic acids is 1. The summed E-state index contributed by atoms with van der Waals surface area (Å²) in [4.78, 5) is 10.7. The highest BCUT2D eigenvalue weighted by Gasteiger charge is 2.56. The van der Waals surface area contributed by atoms with Crippen LogP contribution in [0.3, 0.4) is 0 Å². The SMILES string of the molecule is COc1ccc(C(C)(O[Si](C)(C)C)C(F)(F)F)c(CCCC(=O)O)c1. The summed E-state index contributed by atoms with van der Waals surface area (Å²) in [5.74, 6) is -0.562. The van der Waals surface area contributed by atoms with E-state index >= 15 is 0 Å². The molecule has 4 nitrogen and oxygen atoms in total. The molecular formula is C17H25F3O4Si. The minimum Gasteiger partial charge on any atom is -0.497 e. The zero-order valence-corrected chi connectivity index (χ0v) is 16.2. The van der Waals surface area contributed by atoms with Gasteiger partial charge in [0.15, 0.2) is 13.9 Å². The summed E-state index contributed by atoms with van der Waals surface area (Å²) in [6.45, 7) is 6.13. The summed E-state index contributed by atoms with van der Waals surface area (Å²) < 4.78 is 52.4. The van der Waals surface area contributed by atoms with E-state index in [0.29, 0.717) is 11.3 Å². The molecule has 0 bridgehead atoms. The summed E-state index contributed by atoms with van der Waals surface area (Å²) in [5, 5.41) is 8.78. The summed E-state index contributed by atoms with van der Waals surface area (Å²) in [5.41, 5.74) is -2.06. The van der Waals surface area contributed by atoms with Gasteiger partial charge in [-0.25, -0.2) is 0 Å². The van der Waals surface area contributed by atoms with Gasteiger partial charge in [-0.1, -0.05) is 6.07 Å². The molecule has 25 heavy (non-hydrogen) atoms. The molecule has 0 aliphatic carbocycles. The minimum atomic E-state index is -4.61. The maximum atomic E-state index is 13.9. The lowest BCUT2D eigenvalue weighted by molar-refractivity contribution is -0.251. The topological polar surface area (TPSA) is 55.8 Å². The number of carboxylic acid groups (broad SMARTS) is 1. The van der Waals surface area contributed by atoms with Gasteiger partial charge in [-0.2, -0.15) is 13.2 Å². The van der Waals surface area contributed by atoms with E-state index in [4.69, 9.17) is 14.3 Å². The Labute approximate surface area is 147 Å². The molecule has 1 atom stereocenters. The van der Waals surface area contributed by atoms with Crippen LogP contribution in [0.5, 0.6) is 5.75 Å². The highest BCUT2D eigenvalue weighted by Crippen LogP contribution is 2.45. The number of ether oxygens (including phenoxy) is 1. The van der Waals surface area contributed by atoms with Gasteiger partial charge in [0, 0.05) is 6.42 Å². The van der Waals surface area contributed by atoms with Gasteiger partial charge in [0.1, 0.15) is 5.75 Å². The molecule has 8 heteroatoms. The van der Waals surface area contributed by atoms with Crippen molar-refractivity contribution >= 4 is 14.3 Å². The molecule has 0 aliphatic heterocycles. The summed E-state index contributed by atoms with van der Waals surface area (Å²) >= 11 is 0. The number of aryl methyl sites for hydroxylation is 1. The summed E-state index contributed by atoms with van der Waals surface area (Å²) in [7, 11) is -1.10. The standard InChI is InChI=1S/C17H25F3O4Si/c1-16(17(18,19)20,24-25(3,4)5)14-10-9-13(23-2)11-12(14)7-6-8-15(21)22/h9-11H,6-8H2,1-5H3,(H,21,22). The maximum absolute atomic E-state index is 13.9. The molecule has 0 heterocycles. The fraction of sp³-hybridized carbons (Fsp3) is 0.588. The Bertz CT molecular complexity index is 611. The predicted octanol–water partition coefficient (Wildman–Crippen LogP) is 4.73. The van der Waals surface area contributed by atoms with Crippen molar-refractivity contribution in [2.45, 2.75) is 57.6 Å². The second-order valence-electron chi connectivity index (χ2n) is 7.02. The van der Waals surface area contributed by atoms with Crippen LogP contribution in [-0.2, 0) is 21.2 Å². The van der Waals surface area contributed by atoms with Crippen molar-refractivity contribution in [3.63, 3.8) is 0 Å². The Balaban J connectivity index is 3.39. The molecule has 0 aromatic heterocycles. The van der Waals surface area contributed by atoms with Crippen molar-refractivity contribution in [2.75, 3.05) is 7.11 Å². The zero-order valence-electron chi connectivity index (χ0n) is 15.2. The molecule has 0 fully saturated rings. The normalized spacial score (nSPS) is 14.9. The molecule has 0 spiro atoms. The lowest BCUT2D eigenvalue weighted by Gasteiger charge is -2.39. The van der Waals surface area contributed by atoms with Crippen molar-refractivity contribution in [1.29, 1.82) is 0 Å². The number of alkyl halides is 3. The molecule has 0 saturated carbocycles. The van der Waals surface area contributed by atoms with Crippen LogP contribution in [0.15, 0.2) is 18.2 Å². The van der Waals surface area contributed by atoms with Crippen molar-refractivity contribution < 1.29 is 32.2 Å². The number of aliphatic carboxylic acids is 1. The molecule has 0 amide bonds. The molecule has 0 radical (unpaired) electrons. The number of carbonyl (C=O) groups is 1. The first-order valence-corrected chi connectivity index (χ1v) is 11.4. The van der Waals surface area contributed by atoms with Crippen LogP contribution in [0.4, 0.5) is 13.2 Å². The predicted molar refractivity (Wildman–Crippen MR) is 91.4 cm³/mol. The number of benzene rings is 1. The molecule has 1 unspecified atom stereocenters. The third kappa shape index (κ3) is 5.74. The van der Waals surface area contributed by atoms with Crippen LogP contribution in [-0.4, -0.2) is 32.7 Å². The molecule has 1 rings (SSSR count). The van der Waals surface area contributed by atoms with E-state index < -0.39 is 26.1 Å². The Morgan fingerprint density at radius 3 is 2.28 bits per heavy atom. The van der Waals surface area contributed by atoms with Crippen molar-refractivity contribution in [1.82, 2.24) is 0 Å². The molecule has 0 aliphatic rings. The van der Waals surface area contributed by atoms with Crippen LogP contribution in [0.1, 0.15) is 30.9 Å². The van der Waals surface area contributed by atoms with Gasteiger partial charge in [0.2, 0.25) is 0 Å². The van der Waals surface area contributed by atoms with E-state index in [1.54, 1.807) is 19.6 Å². The van der Waals surface area contributed by atoms with Crippen LogP contribution in [0, 0.1) is 0 Å². The monoisotopic (exact) mass is 378 g/mol. The summed E-state index contributed by atoms with van der Waals surface area (Å²) in [6.07, 6.45) is -4.30. The third-order valence-electron chi connectivity index (χ3n) is 3.71. The van der Waals surface area contributed by atoms with Gasteiger partial charge in [0.25, 0.3) is 0 Å². The number of halogens is 3. The van der Waals surface area contributed by atoms with Crippen molar-refractivity contribution in [2.24, 2.45) is 0 Å². The van der Waals surface area contributed by atoms with Crippen LogP contribution < -0.4 is 4.74 Å². The fourth-order valence-corrected chi connectivity index (χ4v) is 4.13. The molecular weight excluding hydrogens is 353 g/mol. The Kier molecular flexibility index (Phi) is 6.69. The van der Waals surface area contributed by atoms with Gasteiger partial charge in [-0.15, -0.1) is 0 Å². The molecule has 142 valence electrons. The summed E-state index contributed by atoms with van der Waals surface area (Å²) in [6, 6.07) is 4.35. The van der Waals surface area contributed by atoms with E-state index in [1.807, 2.05) is 0 Å². The quantitative estimate of drug-likeness (QED) is 0.665. The molecule has 1 N–H and O–H groups in total.